The largest absolute Gasteiger partial charge is 0.0984 e. The van der Waals surface area contributed by atoms with Crippen LogP contribution in [0.5, 0.6) is 0 Å². The van der Waals surface area contributed by atoms with Crippen LogP contribution in [0.3, 0.4) is 0 Å². The van der Waals surface area contributed by atoms with Gasteiger partial charge in [0.25, 0.3) is 0 Å². The molecule has 0 heterocycles. The third kappa shape index (κ3) is 3.10. The minimum atomic E-state index is 0.226. The Balaban J connectivity index is 3.20. The van der Waals surface area contributed by atoms with Crippen LogP contribution in [0, 0.1) is 12.3 Å². The average molecular weight is 214 g/mol. The minimum absolute atomic E-state index is 0.226. The second kappa shape index (κ2) is 4.69. The summed E-state index contributed by atoms with van der Waals surface area (Å²) in [6.45, 7) is 14.9. The molecule has 16 heavy (non-hydrogen) atoms. The van der Waals surface area contributed by atoms with Gasteiger partial charge in [0.05, 0.1) is 0 Å². The van der Waals surface area contributed by atoms with Crippen LogP contribution < -0.4 is 0 Å². The molecule has 86 valence electrons. The molecule has 0 bridgehead atoms. The number of allylic oxidation sites excluding steroid dienone is 1. The maximum absolute atomic E-state index is 3.87. The highest BCUT2D eigenvalue weighted by atomic mass is 14.2. The Kier molecular flexibility index (Phi) is 3.74. The van der Waals surface area contributed by atoms with Crippen molar-refractivity contribution in [2.75, 3.05) is 0 Å². The maximum Gasteiger partial charge on any atom is -0.0172 e. The van der Waals surface area contributed by atoms with Crippen LogP contribution in [0.1, 0.15) is 44.4 Å². The lowest BCUT2D eigenvalue weighted by molar-refractivity contribution is 0.508. The first-order valence-corrected chi connectivity index (χ1v) is 5.76. The highest BCUT2D eigenvalue weighted by molar-refractivity contribution is 5.66. The van der Waals surface area contributed by atoms with Gasteiger partial charge in [0.15, 0.2) is 0 Å². The van der Waals surface area contributed by atoms with Crippen LogP contribution in [0.25, 0.3) is 12.2 Å². The van der Waals surface area contributed by atoms with Crippen molar-refractivity contribution in [1.29, 1.82) is 0 Å². The third-order valence-corrected chi connectivity index (χ3v) is 3.02. The van der Waals surface area contributed by atoms with Gasteiger partial charge in [0.1, 0.15) is 0 Å². The summed E-state index contributed by atoms with van der Waals surface area (Å²) < 4.78 is 0. The molecule has 1 aromatic carbocycles. The fourth-order valence-corrected chi connectivity index (χ4v) is 1.45. The average Bonchev–Trinajstić information content (AvgIpc) is 2.19. The van der Waals surface area contributed by atoms with Crippen molar-refractivity contribution in [1.82, 2.24) is 0 Å². The molecule has 0 aliphatic heterocycles. The highest BCUT2D eigenvalue weighted by Gasteiger charge is 2.12. The van der Waals surface area contributed by atoms with Crippen LogP contribution in [-0.4, -0.2) is 0 Å². The Hall–Kier alpha value is -1.30. The summed E-state index contributed by atoms with van der Waals surface area (Å²) in [5.41, 5.74) is 5.36. The molecule has 0 aromatic heterocycles. The van der Waals surface area contributed by atoms with Crippen LogP contribution in [-0.2, 0) is 0 Å². The number of benzene rings is 1. The molecule has 0 N–H and O–H groups in total. The second-order valence-corrected chi connectivity index (χ2v) is 5.41. The summed E-state index contributed by atoms with van der Waals surface area (Å²) in [6.07, 6.45) is 4.19. The van der Waals surface area contributed by atoms with E-state index in [4.69, 9.17) is 0 Å². The van der Waals surface area contributed by atoms with Gasteiger partial charge in [-0.25, -0.2) is 0 Å². The summed E-state index contributed by atoms with van der Waals surface area (Å²) in [6, 6.07) is 6.49. The molecule has 0 radical (unpaired) electrons. The van der Waals surface area contributed by atoms with E-state index in [1.807, 2.05) is 6.08 Å². The molecule has 0 fully saturated rings. The van der Waals surface area contributed by atoms with Gasteiger partial charge < -0.3 is 0 Å². The Bertz CT molecular complexity index is 414. The van der Waals surface area contributed by atoms with Gasteiger partial charge in [-0.2, -0.15) is 0 Å². The molecule has 1 rings (SSSR count). The lowest BCUT2D eigenvalue weighted by Gasteiger charge is -2.20. The van der Waals surface area contributed by atoms with E-state index in [9.17, 15) is 0 Å². The normalized spacial score (nSPS) is 12.7. The summed E-state index contributed by atoms with van der Waals surface area (Å²) in [7, 11) is 0. The molecule has 0 saturated carbocycles. The molecule has 0 spiro atoms. The summed E-state index contributed by atoms with van der Waals surface area (Å²) in [4.78, 5) is 0. The predicted molar refractivity (Wildman–Crippen MR) is 74.4 cm³/mol. The quantitative estimate of drug-likeness (QED) is 0.643. The summed E-state index contributed by atoms with van der Waals surface area (Å²) in [5, 5.41) is 0. The number of rotatable bonds is 2. The van der Waals surface area contributed by atoms with Crippen molar-refractivity contribution in [2.45, 2.75) is 34.6 Å². The molecule has 0 nitrogen and oxygen atoms in total. The Morgan fingerprint density at radius 1 is 1.19 bits per heavy atom. The van der Waals surface area contributed by atoms with Gasteiger partial charge in [-0.1, -0.05) is 68.8 Å². The Morgan fingerprint density at radius 2 is 1.81 bits per heavy atom. The second-order valence-electron chi connectivity index (χ2n) is 5.41. The smallest absolute Gasteiger partial charge is 0.0172 e. The van der Waals surface area contributed by atoms with Gasteiger partial charge in [0, 0.05) is 0 Å². The van der Waals surface area contributed by atoms with E-state index in [0.717, 1.165) is 0 Å². The fraction of sp³-hybridized carbons (Fsp3) is 0.375. The molecule has 0 heteroatoms. The molecule has 0 aliphatic rings. The first-order chi connectivity index (χ1) is 7.34. The van der Waals surface area contributed by atoms with Crippen molar-refractivity contribution < 1.29 is 0 Å². The molecule has 0 unspecified atom stereocenters. The maximum atomic E-state index is 3.87. The van der Waals surface area contributed by atoms with E-state index >= 15 is 0 Å². The molecular formula is C16H22. The van der Waals surface area contributed by atoms with Gasteiger partial charge in [-0.15, -0.1) is 0 Å². The lowest BCUT2D eigenvalue weighted by atomic mass is 9.86. The first kappa shape index (κ1) is 12.8. The number of hydrogen-bond donors (Lipinski definition) is 0. The fourth-order valence-electron chi connectivity index (χ4n) is 1.45. The van der Waals surface area contributed by atoms with Crippen molar-refractivity contribution in [3.8, 4) is 0 Å². The molecule has 0 saturated heterocycles. The summed E-state index contributed by atoms with van der Waals surface area (Å²) in [5.74, 6) is 0. The zero-order valence-corrected chi connectivity index (χ0v) is 11.1. The molecule has 0 atom stereocenters. The molecular weight excluding hydrogens is 192 g/mol. The van der Waals surface area contributed by atoms with E-state index in [1.54, 1.807) is 0 Å². The Labute approximate surface area is 99.7 Å². The van der Waals surface area contributed by atoms with E-state index < -0.39 is 0 Å². The van der Waals surface area contributed by atoms with Gasteiger partial charge in [0.2, 0.25) is 0 Å². The monoisotopic (exact) mass is 214 g/mol. The van der Waals surface area contributed by atoms with E-state index in [-0.39, 0.29) is 5.41 Å². The van der Waals surface area contributed by atoms with Crippen LogP contribution in [0.4, 0.5) is 0 Å². The predicted octanol–water partition coefficient (Wildman–Crippen LogP) is 5.09. The molecule has 0 aliphatic carbocycles. The number of aryl methyl sites for hydroxylation is 1. The number of hydrogen-bond acceptors (Lipinski definition) is 0. The highest BCUT2D eigenvalue weighted by Crippen LogP contribution is 2.27. The summed E-state index contributed by atoms with van der Waals surface area (Å²) >= 11 is 0. The molecule has 1 aromatic rings. The van der Waals surface area contributed by atoms with Crippen LogP contribution in [0.2, 0.25) is 0 Å². The van der Waals surface area contributed by atoms with Gasteiger partial charge in [-0.3, -0.25) is 0 Å². The van der Waals surface area contributed by atoms with Crippen molar-refractivity contribution in [3.63, 3.8) is 0 Å². The SMILES string of the molecule is C=Cc1cc(C)ccc1/C=C(\C)C(C)(C)C. The van der Waals surface area contributed by atoms with E-state index in [2.05, 4.69) is 65.5 Å². The van der Waals surface area contributed by atoms with Crippen LogP contribution in [0.15, 0.2) is 30.4 Å². The van der Waals surface area contributed by atoms with Crippen LogP contribution >= 0.6 is 0 Å². The van der Waals surface area contributed by atoms with Crippen molar-refractivity contribution in [3.05, 3.63) is 47.0 Å². The zero-order valence-electron chi connectivity index (χ0n) is 11.1. The topological polar surface area (TPSA) is 0 Å². The first-order valence-electron chi connectivity index (χ1n) is 5.76. The van der Waals surface area contributed by atoms with E-state index in [1.165, 1.54) is 22.3 Å². The Morgan fingerprint density at radius 3 is 2.31 bits per heavy atom. The van der Waals surface area contributed by atoms with Gasteiger partial charge in [-0.05, 0) is 30.4 Å². The standard InChI is InChI=1S/C16H22/c1-7-14-10-12(2)8-9-15(14)11-13(3)16(4,5)6/h7-11H,1H2,2-6H3/b13-11+. The van der Waals surface area contributed by atoms with Crippen molar-refractivity contribution >= 4 is 12.2 Å². The zero-order chi connectivity index (χ0) is 12.3. The minimum Gasteiger partial charge on any atom is -0.0984 e. The van der Waals surface area contributed by atoms with Gasteiger partial charge >= 0.3 is 0 Å². The van der Waals surface area contributed by atoms with Crippen molar-refractivity contribution in [2.24, 2.45) is 5.41 Å². The van der Waals surface area contributed by atoms with E-state index in [0.29, 0.717) is 0 Å². The third-order valence-electron chi connectivity index (χ3n) is 3.02. The lowest BCUT2D eigenvalue weighted by Crippen LogP contribution is -2.06. The molecule has 0 amide bonds.